The molecule has 120 valence electrons. The van der Waals surface area contributed by atoms with Gasteiger partial charge in [-0.2, -0.15) is 0 Å². The minimum absolute atomic E-state index is 0.0291. The number of hydrogen-bond donors (Lipinski definition) is 3. The number of benzene rings is 1. The highest BCUT2D eigenvalue weighted by molar-refractivity contribution is 5.99. The molecule has 1 aromatic carbocycles. The summed E-state index contributed by atoms with van der Waals surface area (Å²) >= 11 is 0. The number of carbonyl (C=O) groups excluding carboxylic acids is 2. The highest BCUT2D eigenvalue weighted by Gasteiger charge is 2.39. The van der Waals surface area contributed by atoms with E-state index in [0.717, 1.165) is 32.1 Å². The van der Waals surface area contributed by atoms with Gasteiger partial charge in [0, 0.05) is 24.3 Å². The predicted molar refractivity (Wildman–Crippen MR) is 87.7 cm³/mol. The molecule has 0 bridgehead atoms. The van der Waals surface area contributed by atoms with Crippen LogP contribution in [0.2, 0.25) is 0 Å². The van der Waals surface area contributed by atoms with Gasteiger partial charge < -0.3 is 16.4 Å². The van der Waals surface area contributed by atoms with Gasteiger partial charge in [-0.3, -0.25) is 9.59 Å². The van der Waals surface area contributed by atoms with Gasteiger partial charge in [0.15, 0.2) is 0 Å². The predicted octanol–water partition coefficient (Wildman–Crippen LogP) is 2.28. The molecule has 0 heterocycles. The van der Waals surface area contributed by atoms with Gasteiger partial charge in [-0.15, -0.1) is 0 Å². The van der Waals surface area contributed by atoms with E-state index in [4.69, 9.17) is 5.73 Å². The van der Waals surface area contributed by atoms with Gasteiger partial charge in [-0.25, -0.2) is 0 Å². The highest BCUT2D eigenvalue weighted by atomic mass is 16.2. The van der Waals surface area contributed by atoms with Crippen molar-refractivity contribution < 1.29 is 9.59 Å². The average molecular weight is 303 g/mol. The van der Waals surface area contributed by atoms with Crippen molar-refractivity contribution in [3.8, 4) is 0 Å². The van der Waals surface area contributed by atoms with Crippen molar-refractivity contribution in [2.24, 2.45) is 11.1 Å². The van der Waals surface area contributed by atoms with E-state index in [2.05, 4.69) is 10.6 Å². The summed E-state index contributed by atoms with van der Waals surface area (Å²) in [6.45, 7) is 3.02. The monoisotopic (exact) mass is 303 g/mol. The Balaban J connectivity index is 2.06. The molecule has 0 unspecified atom stereocenters. The summed E-state index contributed by atoms with van der Waals surface area (Å²) in [5.41, 5.74) is 6.59. The molecule has 1 aliphatic carbocycles. The van der Waals surface area contributed by atoms with Crippen LogP contribution < -0.4 is 16.4 Å². The summed E-state index contributed by atoms with van der Waals surface area (Å²) in [6.07, 6.45) is 4.66. The molecule has 0 aromatic heterocycles. The molecular formula is C17H25N3O2. The Hall–Kier alpha value is -1.88. The van der Waals surface area contributed by atoms with Crippen molar-refractivity contribution >= 4 is 17.5 Å². The maximum Gasteiger partial charge on any atom is 0.251 e. The van der Waals surface area contributed by atoms with E-state index in [1.54, 1.807) is 24.3 Å². The number of nitrogens with one attached hydrogen (secondary N) is 2. The minimum atomic E-state index is -0.444. The molecule has 2 rings (SSSR count). The topological polar surface area (TPSA) is 84.2 Å². The maximum absolute atomic E-state index is 12.5. The molecule has 5 nitrogen and oxygen atoms in total. The average Bonchev–Trinajstić information content (AvgIpc) is 3.03. The van der Waals surface area contributed by atoms with Crippen LogP contribution in [0.25, 0.3) is 0 Å². The summed E-state index contributed by atoms with van der Waals surface area (Å²) < 4.78 is 0. The smallest absolute Gasteiger partial charge is 0.251 e. The second kappa shape index (κ2) is 7.40. The molecule has 1 aliphatic rings. The number of anilines is 1. The molecule has 1 fully saturated rings. The molecule has 0 radical (unpaired) electrons. The fraction of sp³-hybridized carbons (Fsp3) is 0.529. The highest BCUT2D eigenvalue weighted by Crippen LogP contribution is 2.38. The zero-order valence-electron chi connectivity index (χ0n) is 13.2. The lowest BCUT2D eigenvalue weighted by atomic mass is 9.85. The van der Waals surface area contributed by atoms with Crippen molar-refractivity contribution in [2.45, 2.75) is 39.0 Å². The number of rotatable bonds is 6. The van der Waals surface area contributed by atoms with Gasteiger partial charge in [-0.05, 0) is 37.5 Å². The summed E-state index contributed by atoms with van der Waals surface area (Å²) in [7, 11) is 0. The van der Waals surface area contributed by atoms with Crippen LogP contribution in [0.15, 0.2) is 24.3 Å². The van der Waals surface area contributed by atoms with Crippen LogP contribution in [0, 0.1) is 5.41 Å². The van der Waals surface area contributed by atoms with Gasteiger partial charge >= 0.3 is 0 Å². The first-order chi connectivity index (χ1) is 10.6. The fourth-order valence-corrected chi connectivity index (χ4v) is 2.92. The standard InChI is InChI=1S/C17H25N3O2/c1-2-10-19-15(21)13-6-5-7-14(11-13)20-16(22)17(12-18)8-3-4-9-17/h5-7,11H,2-4,8-10,12,18H2,1H3,(H,19,21)(H,20,22). The minimum Gasteiger partial charge on any atom is -0.352 e. The summed E-state index contributed by atoms with van der Waals surface area (Å²) in [6, 6.07) is 7.03. The third-order valence-electron chi connectivity index (χ3n) is 4.35. The number of carbonyl (C=O) groups is 2. The SMILES string of the molecule is CCCNC(=O)c1cccc(NC(=O)C2(CN)CCCC2)c1. The lowest BCUT2D eigenvalue weighted by Crippen LogP contribution is -2.40. The van der Waals surface area contributed by atoms with Crippen molar-refractivity contribution in [3.63, 3.8) is 0 Å². The molecule has 2 amide bonds. The Labute approximate surface area is 131 Å². The van der Waals surface area contributed by atoms with Gasteiger partial charge in [-0.1, -0.05) is 25.8 Å². The van der Waals surface area contributed by atoms with E-state index >= 15 is 0 Å². The normalized spacial score (nSPS) is 16.3. The summed E-state index contributed by atoms with van der Waals surface area (Å²) in [5.74, 6) is -0.147. The zero-order valence-corrected chi connectivity index (χ0v) is 13.2. The Kier molecular flexibility index (Phi) is 5.55. The van der Waals surface area contributed by atoms with E-state index in [9.17, 15) is 9.59 Å². The zero-order chi connectivity index (χ0) is 16.0. The largest absolute Gasteiger partial charge is 0.352 e. The van der Waals surface area contributed by atoms with Crippen molar-refractivity contribution in [1.82, 2.24) is 5.32 Å². The molecule has 22 heavy (non-hydrogen) atoms. The van der Waals surface area contributed by atoms with E-state index in [1.807, 2.05) is 6.92 Å². The van der Waals surface area contributed by atoms with E-state index in [-0.39, 0.29) is 11.8 Å². The number of hydrogen-bond acceptors (Lipinski definition) is 3. The van der Waals surface area contributed by atoms with Crippen LogP contribution in [-0.4, -0.2) is 24.9 Å². The van der Waals surface area contributed by atoms with Gasteiger partial charge in [0.25, 0.3) is 5.91 Å². The van der Waals surface area contributed by atoms with E-state index in [0.29, 0.717) is 24.3 Å². The second-order valence-electron chi connectivity index (χ2n) is 5.98. The Morgan fingerprint density at radius 3 is 2.64 bits per heavy atom. The Bertz CT molecular complexity index is 536. The molecule has 0 atom stereocenters. The molecule has 0 saturated heterocycles. The van der Waals surface area contributed by atoms with Crippen LogP contribution in [-0.2, 0) is 4.79 Å². The van der Waals surface area contributed by atoms with Gasteiger partial charge in [0.2, 0.25) is 5.91 Å². The van der Waals surface area contributed by atoms with E-state index in [1.165, 1.54) is 0 Å². The van der Waals surface area contributed by atoms with Crippen LogP contribution >= 0.6 is 0 Å². The Morgan fingerprint density at radius 1 is 1.27 bits per heavy atom. The number of nitrogens with two attached hydrogens (primary N) is 1. The van der Waals surface area contributed by atoms with Crippen LogP contribution in [0.3, 0.4) is 0 Å². The van der Waals surface area contributed by atoms with Crippen LogP contribution in [0.4, 0.5) is 5.69 Å². The molecule has 1 saturated carbocycles. The first-order valence-corrected chi connectivity index (χ1v) is 8.01. The second-order valence-corrected chi connectivity index (χ2v) is 5.98. The Morgan fingerprint density at radius 2 is 2.00 bits per heavy atom. The van der Waals surface area contributed by atoms with Crippen LogP contribution in [0.1, 0.15) is 49.4 Å². The lowest BCUT2D eigenvalue weighted by molar-refractivity contribution is -0.124. The third kappa shape index (κ3) is 3.65. The molecule has 1 aromatic rings. The van der Waals surface area contributed by atoms with Crippen molar-refractivity contribution in [1.29, 1.82) is 0 Å². The molecule has 5 heteroatoms. The molecule has 0 spiro atoms. The fourth-order valence-electron chi connectivity index (χ4n) is 2.92. The van der Waals surface area contributed by atoms with Gasteiger partial charge in [0.1, 0.15) is 0 Å². The third-order valence-corrected chi connectivity index (χ3v) is 4.35. The quantitative estimate of drug-likeness (QED) is 0.754. The number of amides is 2. The van der Waals surface area contributed by atoms with Crippen molar-refractivity contribution in [3.05, 3.63) is 29.8 Å². The van der Waals surface area contributed by atoms with Crippen LogP contribution in [0.5, 0.6) is 0 Å². The molecular weight excluding hydrogens is 278 g/mol. The molecule has 0 aliphatic heterocycles. The lowest BCUT2D eigenvalue weighted by Gasteiger charge is -2.25. The first kappa shape index (κ1) is 16.5. The molecule has 4 N–H and O–H groups in total. The van der Waals surface area contributed by atoms with Gasteiger partial charge in [0.05, 0.1) is 5.41 Å². The summed E-state index contributed by atoms with van der Waals surface area (Å²) in [5, 5.41) is 5.76. The first-order valence-electron chi connectivity index (χ1n) is 8.01. The maximum atomic E-state index is 12.5. The van der Waals surface area contributed by atoms with E-state index < -0.39 is 5.41 Å². The summed E-state index contributed by atoms with van der Waals surface area (Å²) in [4.78, 5) is 24.5. The van der Waals surface area contributed by atoms with Crippen molar-refractivity contribution in [2.75, 3.05) is 18.4 Å².